The number of pyridine rings is 1. The minimum atomic E-state index is -0.382. The molecule has 0 fully saturated rings. The number of hydrogen-bond donors (Lipinski definition) is 2. The highest BCUT2D eigenvalue weighted by molar-refractivity contribution is 7.18. The second kappa shape index (κ2) is 8.17. The molecule has 3 heterocycles. The SMILES string of the molecule is O=C(Nc1nc2c(C(=O)Cc3nc4ccccc4s3)cccc2[nH]1)c1cc2ccccc2cn1. The fourth-order valence-corrected chi connectivity index (χ4v) is 4.89. The molecule has 2 N–H and O–H groups in total. The van der Waals surface area contributed by atoms with E-state index in [-0.39, 0.29) is 29.8 Å². The van der Waals surface area contributed by atoms with Crippen molar-refractivity contribution in [2.75, 3.05) is 5.32 Å². The first-order chi connectivity index (χ1) is 16.6. The lowest BCUT2D eigenvalue weighted by atomic mass is 10.1. The second-order valence-corrected chi connectivity index (χ2v) is 8.95. The first kappa shape index (κ1) is 20.2. The lowest BCUT2D eigenvalue weighted by molar-refractivity contribution is 0.0992. The van der Waals surface area contributed by atoms with E-state index in [0.717, 1.165) is 26.0 Å². The van der Waals surface area contributed by atoms with Crippen LogP contribution in [0.5, 0.6) is 0 Å². The van der Waals surface area contributed by atoms with Gasteiger partial charge in [0.25, 0.3) is 5.91 Å². The first-order valence-electron chi connectivity index (χ1n) is 10.7. The minimum Gasteiger partial charge on any atom is -0.324 e. The number of aromatic amines is 1. The number of amides is 1. The Balaban J connectivity index is 1.26. The number of nitrogens with one attached hydrogen (secondary N) is 2. The van der Waals surface area contributed by atoms with Crippen LogP contribution in [0.15, 0.2) is 79.0 Å². The summed E-state index contributed by atoms with van der Waals surface area (Å²) >= 11 is 1.51. The van der Waals surface area contributed by atoms with Crippen molar-refractivity contribution < 1.29 is 9.59 Å². The molecular formula is C26H17N5O2S. The van der Waals surface area contributed by atoms with Crippen molar-refractivity contribution in [3.63, 3.8) is 0 Å². The minimum absolute atomic E-state index is 0.0785. The maximum Gasteiger partial charge on any atom is 0.276 e. The van der Waals surface area contributed by atoms with E-state index in [1.54, 1.807) is 24.4 Å². The summed E-state index contributed by atoms with van der Waals surface area (Å²) in [6, 6.07) is 22.6. The fraction of sp³-hybridized carbons (Fsp3) is 0.0385. The van der Waals surface area contributed by atoms with E-state index >= 15 is 0 Å². The summed E-state index contributed by atoms with van der Waals surface area (Å²) in [7, 11) is 0. The Morgan fingerprint density at radius 3 is 2.62 bits per heavy atom. The van der Waals surface area contributed by atoms with Gasteiger partial charge in [0, 0.05) is 17.1 Å². The maximum absolute atomic E-state index is 13.1. The number of ketones is 1. The Morgan fingerprint density at radius 1 is 0.912 bits per heavy atom. The number of para-hydroxylation sites is 2. The summed E-state index contributed by atoms with van der Waals surface area (Å²) in [6.45, 7) is 0. The van der Waals surface area contributed by atoms with Crippen LogP contribution in [-0.4, -0.2) is 31.6 Å². The number of imidazole rings is 1. The summed E-state index contributed by atoms with van der Waals surface area (Å²) < 4.78 is 1.05. The van der Waals surface area contributed by atoms with Crippen molar-refractivity contribution in [2.24, 2.45) is 0 Å². The van der Waals surface area contributed by atoms with Gasteiger partial charge in [0.05, 0.1) is 22.2 Å². The third-order valence-corrected chi connectivity index (χ3v) is 6.59. The van der Waals surface area contributed by atoms with Crippen LogP contribution in [0, 0.1) is 0 Å². The number of fused-ring (bicyclic) bond motifs is 3. The lowest BCUT2D eigenvalue weighted by Gasteiger charge is -2.03. The molecule has 6 rings (SSSR count). The van der Waals surface area contributed by atoms with Gasteiger partial charge in [0.15, 0.2) is 5.78 Å². The predicted octanol–water partition coefficient (Wildman–Crippen LogP) is 5.40. The van der Waals surface area contributed by atoms with Crippen LogP contribution in [0.4, 0.5) is 5.95 Å². The maximum atomic E-state index is 13.1. The first-order valence-corrected chi connectivity index (χ1v) is 11.5. The molecule has 0 aliphatic rings. The smallest absolute Gasteiger partial charge is 0.276 e. The molecule has 0 saturated carbocycles. The number of Topliss-reactive ketones (excluding diaryl/α,β-unsaturated/α-hetero) is 1. The zero-order chi connectivity index (χ0) is 23.1. The third-order valence-electron chi connectivity index (χ3n) is 5.56. The monoisotopic (exact) mass is 463 g/mol. The molecule has 0 atom stereocenters. The summed E-state index contributed by atoms with van der Waals surface area (Å²) in [5.74, 6) is -0.201. The zero-order valence-electron chi connectivity index (χ0n) is 17.8. The van der Waals surface area contributed by atoms with Crippen molar-refractivity contribution in [1.82, 2.24) is 19.9 Å². The van der Waals surface area contributed by atoms with Crippen molar-refractivity contribution in [3.05, 3.63) is 95.3 Å². The number of rotatable bonds is 5. The van der Waals surface area contributed by atoms with Crippen LogP contribution >= 0.6 is 11.3 Å². The topological polar surface area (TPSA) is 101 Å². The molecule has 0 saturated heterocycles. The largest absolute Gasteiger partial charge is 0.324 e. The molecule has 34 heavy (non-hydrogen) atoms. The van der Waals surface area contributed by atoms with Crippen LogP contribution in [0.1, 0.15) is 25.9 Å². The number of carbonyl (C=O) groups is 2. The molecule has 164 valence electrons. The molecule has 8 heteroatoms. The van der Waals surface area contributed by atoms with E-state index in [0.29, 0.717) is 16.6 Å². The van der Waals surface area contributed by atoms with Gasteiger partial charge in [-0.05, 0) is 35.7 Å². The molecule has 7 nitrogen and oxygen atoms in total. The number of thiazole rings is 1. The van der Waals surface area contributed by atoms with E-state index in [9.17, 15) is 9.59 Å². The van der Waals surface area contributed by atoms with Gasteiger partial charge in [0.1, 0.15) is 16.2 Å². The average molecular weight is 464 g/mol. The quantitative estimate of drug-likeness (QED) is 0.334. The summed E-state index contributed by atoms with van der Waals surface area (Å²) in [5, 5.41) is 5.40. The second-order valence-electron chi connectivity index (χ2n) is 7.83. The van der Waals surface area contributed by atoms with Gasteiger partial charge in [-0.1, -0.05) is 42.5 Å². The molecular weight excluding hydrogens is 446 g/mol. The predicted molar refractivity (Wildman–Crippen MR) is 133 cm³/mol. The fourth-order valence-electron chi connectivity index (χ4n) is 3.92. The van der Waals surface area contributed by atoms with Gasteiger partial charge < -0.3 is 4.98 Å². The molecule has 0 aliphatic heterocycles. The van der Waals surface area contributed by atoms with Gasteiger partial charge in [-0.2, -0.15) is 0 Å². The van der Waals surface area contributed by atoms with Gasteiger partial charge >= 0.3 is 0 Å². The van der Waals surface area contributed by atoms with E-state index in [1.807, 2.05) is 54.6 Å². The summed E-state index contributed by atoms with van der Waals surface area (Å²) in [5.41, 5.74) is 2.83. The number of nitrogens with zero attached hydrogens (tertiary/aromatic N) is 3. The standard InChI is InChI=1S/C26H17N5O2S/c32-21(13-23-28-18-9-3-4-11-22(18)34-23)17-8-5-10-19-24(17)30-26(29-19)31-25(33)20-12-15-6-1-2-7-16(15)14-27-20/h1-12,14H,13H2,(H2,29,30,31,33). The van der Waals surface area contributed by atoms with Crippen molar-refractivity contribution >= 4 is 61.0 Å². The number of H-pyrrole nitrogens is 1. The lowest BCUT2D eigenvalue weighted by Crippen LogP contribution is -2.14. The molecule has 3 aromatic heterocycles. The van der Waals surface area contributed by atoms with E-state index in [2.05, 4.69) is 25.3 Å². The molecule has 6 aromatic rings. The van der Waals surface area contributed by atoms with E-state index in [4.69, 9.17) is 0 Å². The normalized spacial score (nSPS) is 11.3. The Bertz CT molecular complexity index is 1690. The summed E-state index contributed by atoms with van der Waals surface area (Å²) in [4.78, 5) is 42.3. The molecule has 0 aliphatic carbocycles. The third kappa shape index (κ3) is 3.70. The molecule has 0 unspecified atom stereocenters. The molecule has 0 spiro atoms. The van der Waals surface area contributed by atoms with Gasteiger partial charge in [-0.3, -0.25) is 19.9 Å². The van der Waals surface area contributed by atoms with E-state index < -0.39 is 0 Å². The average Bonchev–Trinajstić information content (AvgIpc) is 3.46. The van der Waals surface area contributed by atoms with Crippen LogP contribution in [0.2, 0.25) is 0 Å². The van der Waals surface area contributed by atoms with E-state index in [1.165, 1.54) is 11.3 Å². The molecule has 3 aromatic carbocycles. The molecule has 1 amide bonds. The zero-order valence-corrected chi connectivity index (χ0v) is 18.6. The summed E-state index contributed by atoms with van der Waals surface area (Å²) in [6.07, 6.45) is 1.86. The highest BCUT2D eigenvalue weighted by Crippen LogP contribution is 2.25. The van der Waals surface area contributed by atoms with Crippen molar-refractivity contribution in [2.45, 2.75) is 6.42 Å². The molecule has 0 radical (unpaired) electrons. The Kier molecular flexibility index (Phi) is 4.85. The number of carbonyl (C=O) groups excluding carboxylic acids is 2. The van der Waals surface area contributed by atoms with Gasteiger partial charge in [-0.15, -0.1) is 11.3 Å². The Morgan fingerprint density at radius 2 is 1.74 bits per heavy atom. The Labute approximate surface area is 197 Å². The van der Waals surface area contributed by atoms with Gasteiger partial charge in [0.2, 0.25) is 5.95 Å². The van der Waals surface area contributed by atoms with Crippen LogP contribution in [0.3, 0.4) is 0 Å². The number of anilines is 1. The highest BCUT2D eigenvalue weighted by atomic mass is 32.1. The van der Waals surface area contributed by atoms with Crippen LogP contribution in [0.25, 0.3) is 32.0 Å². The van der Waals surface area contributed by atoms with Gasteiger partial charge in [-0.25, -0.2) is 9.97 Å². The Hall–Kier alpha value is -4.43. The number of benzene rings is 3. The van der Waals surface area contributed by atoms with Crippen molar-refractivity contribution in [1.29, 1.82) is 0 Å². The van der Waals surface area contributed by atoms with Crippen LogP contribution < -0.4 is 5.32 Å². The number of hydrogen-bond acceptors (Lipinski definition) is 6. The molecule has 0 bridgehead atoms. The van der Waals surface area contributed by atoms with Crippen molar-refractivity contribution in [3.8, 4) is 0 Å². The highest BCUT2D eigenvalue weighted by Gasteiger charge is 2.18. The van der Waals surface area contributed by atoms with Crippen LogP contribution in [-0.2, 0) is 6.42 Å². The number of aromatic nitrogens is 4.